The Hall–Kier alpha value is -2.38. The molecular weight excluding hydrogens is 467 g/mol. The molecule has 0 spiro atoms. The van der Waals surface area contributed by atoms with Gasteiger partial charge in [0.25, 0.3) is 0 Å². The summed E-state index contributed by atoms with van der Waals surface area (Å²) in [5.41, 5.74) is 6.74. The summed E-state index contributed by atoms with van der Waals surface area (Å²) in [5.74, 6) is 0. The highest BCUT2D eigenvalue weighted by Gasteiger charge is 2.14. The number of halogens is 2. The van der Waals surface area contributed by atoms with E-state index in [1.165, 1.54) is 0 Å². The molecule has 0 atom stereocenters. The molecule has 3 rings (SSSR count). The van der Waals surface area contributed by atoms with Crippen LogP contribution in [0.15, 0.2) is 54.6 Å². The van der Waals surface area contributed by atoms with E-state index in [4.69, 9.17) is 47.6 Å². The van der Waals surface area contributed by atoms with Crippen LogP contribution in [-0.4, -0.2) is 10.2 Å². The van der Waals surface area contributed by atoms with Crippen molar-refractivity contribution in [1.29, 1.82) is 0 Å². The van der Waals surface area contributed by atoms with Crippen molar-refractivity contribution < 1.29 is 0 Å². The minimum absolute atomic E-state index is 0.491. The molecule has 4 N–H and O–H groups in total. The second kappa shape index (κ2) is 10.3. The lowest BCUT2D eigenvalue weighted by Crippen LogP contribution is -2.23. The quantitative estimate of drug-likeness (QED) is 0.284. The average Bonchev–Trinajstić information content (AvgIpc) is 2.72. The minimum Gasteiger partial charge on any atom is -0.332 e. The van der Waals surface area contributed by atoms with Crippen LogP contribution < -0.4 is 21.3 Å². The topological polar surface area (TPSA) is 48.1 Å². The third-order valence-electron chi connectivity index (χ3n) is 4.65. The lowest BCUT2D eigenvalue weighted by molar-refractivity contribution is 1.31. The van der Waals surface area contributed by atoms with Crippen molar-refractivity contribution in [3.8, 4) is 0 Å². The Morgan fingerprint density at radius 2 is 0.968 bits per heavy atom. The maximum Gasteiger partial charge on any atom is 0.175 e. The summed E-state index contributed by atoms with van der Waals surface area (Å²) in [4.78, 5) is 0. The van der Waals surface area contributed by atoms with E-state index in [0.29, 0.717) is 20.3 Å². The normalized spacial score (nSPS) is 10.4. The van der Waals surface area contributed by atoms with E-state index in [0.717, 1.165) is 39.4 Å². The van der Waals surface area contributed by atoms with Crippen molar-refractivity contribution in [2.24, 2.45) is 0 Å². The number of hydrogen-bond acceptors (Lipinski definition) is 2. The first-order valence-corrected chi connectivity index (χ1v) is 11.1. The lowest BCUT2D eigenvalue weighted by Gasteiger charge is -2.21. The maximum atomic E-state index is 5.95. The number of rotatable bonds is 4. The van der Waals surface area contributed by atoms with Crippen LogP contribution in [0.4, 0.5) is 22.7 Å². The number of nitrogens with one attached hydrogen (secondary N) is 4. The van der Waals surface area contributed by atoms with Gasteiger partial charge in [-0.1, -0.05) is 29.3 Å². The molecule has 4 nitrogen and oxygen atoms in total. The van der Waals surface area contributed by atoms with Crippen LogP contribution >= 0.6 is 47.6 Å². The zero-order valence-corrected chi connectivity index (χ0v) is 20.4. The van der Waals surface area contributed by atoms with Gasteiger partial charge in [-0.25, -0.2) is 0 Å². The summed E-state index contributed by atoms with van der Waals surface area (Å²) in [6.07, 6.45) is 0. The Kier molecular flexibility index (Phi) is 7.73. The number of thiocarbonyl (C=S) groups is 2. The first kappa shape index (κ1) is 23.3. The molecule has 3 aromatic carbocycles. The van der Waals surface area contributed by atoms with Gasteiger partial charge in [0, 0.05) is 32.8 Å². The Bertz CT molecular complexity index is 1030. The molecule has 3 aromatic rings. The Morgan fingerprint density at radius 1 is 0.613 bits per heavy atom. The fourth-order valence-corrected chi connectivity index (χ4v) is 3.88. The Labute approximate surface area is 203 Å². The molecule has 0 bridgehead atoms. The van der Waals surface area contributed by atoms with Crippen molar-refractivity contribution >= 4 is 80.6 Å². The molecule has 0 amide bonds. The van der Waals surface area contributed by atoms with Gasteiger partial charge in [-0.15, -0.1) is 0 Å². The van der Waals surface area contributed by atoms with Crippen LogP contribution in [0.5, 0.6) is 0 Å². The van der Waals surface area contributed by atoms with Gasteiger partial charge < -0.3 is 21.3 Å². The van der Waals surface area contributed by atoms with E-state index in [-0.39, 0.29) is 0 Å². The average molecular weight is 489 g/mol. The lowest BCUT2D eigenvalue weighted by atomic mass is 10.0. The molecule has 0 radical (unpaired) electrons. The maximum absolute atomic E-state index is 5.95. The van der Waals surface area contributed by atoms with Gasteiger partial charge in [0.2, 0.25) is 0 Å². The number of hydrogen-bond donors (Lipinski definition) is 4. The summed E-state index contributed by atoms with van der Waals surface area (Å²) >= 11 is 22.9. The van der Waals surface area contributed by atoms with E-state index in [1.807, 2.05) is 69.3 Å². The molecular formula is C23H22Cl2N4S2. The highest BCUT2D eigenvalue weighted by Crippen LogP contribution is 2.31. The van der Waals surface area contributed by atoms with Crippen molar-refractivity contribution in [2.75, 3.05) is 21.3 Å². The molecule has 160 valence electrons. The summed E-state index contributed by atoms with van der Waals surface area (Å²) in [6, 6.07) is 16.8. The van der Waals surface area contributed by atoms with Crippen molar-refractivity contribution in [3.63, 3.8) is 0 Å². The molecule has 0 aromatic heterocycles. The third-order valence-corrected chi connectivity index (χ3v) is 5.57. The molecule has 0 saturated heterocycles. The van der Waals surface area contributed by atoms with Crippen LogP contribution in [0, 0.1) is 20.8 Å². The molecule has 0 aliphatic rings. The molecule has 0 aliphatic heterocycles. The molecule has 0 saturated carbocycles. The van der Waals surface area contributed by atoms with Crippen LogP contribution in [-0.2, 0) is 0 Å². The molecule has 31 heavy (non-hydrogen) atoms. The summed E-state index contributed by atoms with van der Waals surface area (Å²) in [6.45, 7) is 6.11. The fraction of sp³-hybridized carbons (Fsp3) is 0.130. The predicted molar refractivity (Wildman–Crippen MR) is 143 cm³/mol. The van der Waals surface area contributed by atoms with Crippen LogP contribution in [0.3, 0.4) is 0 Å². The monoisotopic (exact) mass is 488 g/mol. The fourth-order valence-electron chi connectivity index (χ4n) is 3.19. The predicted octanol–water partition coefficient (Wildman–Crippen LogP) is 7.54. The second-order valence-corrected chi connectivity index (χ2v) is 8.75. The van der Waals surface area contributed by atoms with E-state index >= 15 is 0 Å². The first-order valence-electron chi connectivity index (χ1n) is 9.51. The summed E-state index contributed by atoms with van der Waals surface area (Å²) in [7, 11) is 0. The number of aryl methyl sites for hydroxylation is 2. The van der Waals surface area contributed by atoms with Crippen molar-refractivity contribution in [1.82, 2.24) is 0 Å². The largest absolute Gasteiger partial charge is 0.332 e. The van der Waals surface area contributed by atoms with Gasteiger partial charge in [-0.05, 0) is 110 Å². The SMILES string of the molecule is Cc1cc(C)c(NC(=S)Nc2ccc(Cl)cc2)c(C)c1NC(=S)Nc1ccc(Cl)cc1. The van der Waals surface area contributed by atoms with Crippen LogP contribution in [0.2, 0.25) is 10.0 Å². The Morgan fingerprint density at radius 3 is 1.32 bits per heavy atom. The second-order valence-electron chi connectivity index (χ2n) is 7.06. The third kappa shape index (κ3) is 6.31. The molecule has 0 aliphatic carbocycles. The van der Waals surface area contributed by atoms with E-state index in [2.05, 4.69) is 27.3 Å². The zero-order valence-electron chi connectivity index (χ0n) is 17.3. The van der Waals surface area contributed by atoms with E-state index in [1.54, 1.807) is 0 Å². The molecule has 0 fully saturated rings. The minimum atomic E-state index is 0.491. The van der Waals surface area contributed by atoms with Gasteiger partial charge in [-0.3, -0.25) is 0 Å². The molecule has 0 unspecified atom stereocenters. The summed E-state index contributed by atoms with van der Waals surface area (Å²) in [5, 5.41) is 15.3. The van der Waals surface area contributed by atoms with Gasteiger partial charge in [0.1, 0.15) is 0 Å². The van der Waals surface area contributed by atoms with Gasteiger partial charge in [0.05, 0.1) is 0 Å². The van der Waals surface area contributed by atoms with E-state index < -0.39 is 0 Å². The smallest absolute Gasteiger partial charge is 0.175 e. The highest BCUT2D eigenvalue weighted by molar-refractivity contribution is 7.81. The van der Waals surface area contributed by atoms with Crippen molar-refractivity contribution in [2.45, 2.75) is 20.8 Å². The number of anilines is 4. The van der Waals surface area contributed by atoms with Gasteiger partial charge in [-0.2, -0.15) is 0 Å². The van der Waals surface area contributed by atoms with Crippen LogP contribution in [0.1, 0.15) is 16.7 Å². The zero-order chi connectivity index (χ0) is 22.5. The van der Waals surface area contributed by atoms with Crippen LogP contribution in [0.25, 0.3) is 0 Å². The molecule has 0 heterocycles. The standard InChI is InChI=1S/C23H22Cl2N4S2/c1-13-12-14(2)21(29-23(31)27-19-10-6-17(25)7-11-19)15(3)20(13)28-22(30)26-18-8-4-16(24)5-9-18/h4-12H,1-3H3,(H2,26,28,30)(H2,27,29,31). The van der Waals surface area contributed by atoms with Gasteiger partial charge >= 0.3 is 0 Å². The highest BCUT2D eigenvalue weighted by atomic mass is 35.5. The number of benzene rings is 3. The van der Waals surface area contributed by atoms with E-state index in [9.17, 15) is 0 Å². The Balaban J connectivity index is 1.75. The van der Waals surface area contributed by atoms with Crippen molar-refractivity contribution in [3.05, 3.63) is 81.3 Å². The molecule has 8 heteroatoms. The van der Waals surface area contributed by atoms with Gasteiger partial charge in [0.15, 0.2) is 10.2 Å². The summed E-state index contributed by atoms with van der Waals surface area (Å²) < 4.78 is 0. The first-order chi connectivity index (χ1) is 14.7.